The summed E-state index contributed by atoms with van der Waals surface area (Å²) in [6.07, 6.45) is -0.410. The molecule has 15 heavy (non-hydrogen) atoms. The lowest BCUT2D eigenvalue weighted by atomic mass is 10.1. The first-order chi connectivity index (χ1) is 6.98. The lowest BCUT2D eigenvalue weighted by Gasteiger charge is -2.14. The Balaban J connectivity index is 2.84. The van der Waals surface area contributed by atoms with Crippen LogP contribution in [0.2, 0.25) is 5.02 Å². The monoisotopic (exact) mass is 235 g/mol. The molecule has 0 unspecified atom stereocenters. The van der Waals surface area contributed by atoms with Gasteiger partial charge in [-0.15, -0.1) is 0 Å². The molecule has 2 nitrogen and oxygen atoms in total. The largest absolute Gasteiger partial charge is 0.495 e. The van der Waals surface area contributed by atoms with Crippen molar-refractivity contribution in [3.63, 3.8) is 0 Å². The van der Waals surface area contributed by atoms with E-state index in [1.54, 1.807) is 12.1 Å². The second-order valence-corrected chi connectivity index (χ2v) is 3.61. The first-order valence-electron chi connectivity index (χ1n) is 4.39. The molecular weight excluding hydrogens is 224 g/mol. The summed E-state index contributed by atoms with van der Waals surface area (Å²) in [6, 6.07) is 4.57. The molecule has 1 rings (SSSR count). The van der Waals surface area contributed by atoms with Crippen molar-refractivity contribution in [2.24, 2.45) is 5.73 Å². The number of benzene rings is 1. The summed E-state index contributed by atoms with van der Waals surface area (Å²) in [4.78, 5) is 0. The second-order valence-electron chi connectivity index (χ2n) is 3.21. The first kappa shape index (κ1) is 12.2. The average Bonchev–Trinajstić information content (AvgIpc) is 2.17. The van der Waals surface area contributed by atoms with Crippen molar-refractivity contribution in [3.05, 3.63) is 28.8 Å². The van der Waals surface area contributed by atoms with Gasteiger partial charge in [0.25, 0.3) is 5.92 Å². The zero-order valence-electron chi connectivity index (χ0n) is 8.27. The lowest BCUT2D eigenvalue weighted by Crippen LogP contribution is -2.30. The standard InChI is InChI=1S/C10H12ClF2NO/c1-15-9-3-2-7(4-8(9)11)5-10(12,13)6-14/h2-4H,5-6,14H2,1H3. The number of alkyl halides is 2. The van der Waals surface area contributed by atoms with Crippen LogP contribution in [0.4, 0.5) is 8.78 Å². The first-order valence-corrected chi connectivity index (χ1v) is 4.76. The average molecular weight is 236 g/mol. The topological polar surface area (TPSA) is 35.2 Å². The van der Waals surface area contributed by atoms with Crippen LogP contribution in [0.25, 0.3) is 0 Å². The minimum atomic E-state index is -2.89. The quantitative estimate of drug-likeness (QED) is 0.870. The number of hydrogen-bond donors (Lipinski definition) is 1. The van der Waals surface area contributed by atoms with E-state index in [1.807, 2.05) is 0 Å². The fourth-order valence-electron chi connectivity index (χ4n) is 1.19. The summed E-state index contributed by atoms with van der Waals surface area (Å²) >= 11 is 5.80. The highest BCUT2D eigenvalue weighted by atomic mass is 35.5. The molecule has 0 saturated carbocycles. The van der Waals surface area contributed by atoms with Crippen LogP contribution in [-0.2, 0) is 6.42 Å². The van der Waals surface area contributed by atoms with Gasteiger partial charge in [-0.1, -0.05) is 17.7 Å². The molecule has 0 atom stereocenters. The fourth-order valence-corrected chi connectivity index (χ4v) is 1.47. The molecule has 0 aliphatic rings. The minimum Gasteiger partial charge on any atom is -0.495 e. The zero-order valence-corrected chi connectivity index (χ0v) is 9.02. The van der Waals surface area contributed by atoms with Gasteiger partial charge in [0.15, 0.2) is 0 Å². The Morgan fingerprint density at radius 3 is 2.60 bits per heavy atom. The number of hydrogen-bond acceptors (Lipinski definition) is 2. The van der Waals surface area contributed by atoms with E-state index in [0.717, 1.165) is 0 Å². The van der Waals surface area contributed by atoms with Crippen molar-refractivity contribution < 1.29 is 13.5 Å². The van der Waals surface area contributed by atoms with Crippen molar-refractivity contribution in [1.29, 1.82) is 0 Å². The molecule has 5 heteroatoms. The van der Waals surface area contributed by atoms with Crippen LogP contribution in [0.5, 0.6) is 5.75 Å². The van der Waals surface area contributed by atoms with Crippen molar-refractivity contribution in [1.82, 2.24) is 0 Å². The van der Waals surface area contributed by atoms with E-state index in [-0.39, 0.29) is 0 Å². The van der Waals surface area contributed by atoms with Crippen LogP contribution < -0.4 is 10.5 Å². The summed E-state index contributed by atoms with van der Waals surface area (Å²) in [5.41, 5.74) is 5.38. The van der Waals surface area contributed by atoms with Crippen LogP contribution in [0, 0.1) is 0 Å². The highest BCUT2D eigenvalue weighted by Crippen LogP contribution is 2.27. The predicted octanol–water partition coefficient (Wildman–Crippen LogP) is 2.49. The van der Waals surface area contributed by atoms with Crippen LogP contribution in [0.3, 0.4) is 0 Å². The van der Waals surface area contributed by atoms with Gasteiger partial charge in [-0.05, 0) is 17.7 Å². The molecule has 2 N–H and O–H groups in total. The maximum atomic E-state index is 13.0. The molecule has 0 fully saturated rings. The Hall–Kier alpha value is -0.870. The molecule has 0 bridgehead atoms. The maximum absolute atomic E-state index is 13.0. The van der Waals surface area contributed by atoms with Gasteiger partial charge < -0.3 is 10.5 Å². The van der Waals surface area contributed by atoms with E-state index in [4.69, 9.17) is 22.1 Å². The maximum Gasteiger partial charge on any atom is 0.264 e. The van der Waals surface area contributed by atoms with E-state index < -0.39 is 18.9 Å². The number of halogens is 3. The summed E-state index contributed by atoms with van der Waals surface area (Å²) in [7, 11) is 1.47. The SMILES string of the molecule is COc1ccc(CC(F)(F)CN)cc1Cl. The molecule has 0 radical (unpaired) electrons. The van der Waals surface area contributed by atoms with Gasteiger partial charge in [0, 0.05) is 6.42 Å². The Labute approximate surface area is 92.0 Å². The normalized spacial score (nSPS) is 11.5. The molecule has 0 heterocycles. The van der Waals surface area contributed by atoms with Crippen molar-refractivity contribution in [3.8, 4) is 5.75 Å². The molecule has 0 aliphatic heterocycles. The summed E-state index contributed by atoms with van der Waals surface area (Å²) in [6.45, 7) is -0.670. The molecule has 0 saturated heterocycles. The van der Waals surface area contributed by atoms with Crippen molar-refractivity contribution >= 4 is 11.6 Å². The summed E-state index contributed by atoms with van der Waals surface area (Å²) in [5.74, 6) is -2.42. The number of rotatable bonds is 4. The number of methoxy groups -OCH3 is 1. The van der Waals surface area contributed by atoms with Crippen LogP contribution in [0.15, 0.2) is 18.2 Å². The molecule has 1 aromatic carbocycles. The summed E-state index contributed by atoms with van der Waals surface area (Å²) < 4.78 is 30.8. The lowest BCUT2D eigenvalue weighted by molar-refractivity contribution is 0.0115. The third kappa shape index (κ3) is 3.32. The number of ether oxygens (including phenoxy) is 1. The van der Waals surface area contributed by atoms with Gasteiger partial charge in [-0.25, -0.2) is 8.78 Å². The van der Waals surface area contributed by atoms with E-state index in [2.05, 4.69) is 0 Å². The Morgan fingerprint density at radius 2 is 2.13 bits per heavy atom. The van der Waals surface area contributed by atoms with Gasteiger partial charge in [0.1, 0.15) is 5.75 Å². The van der Waals surface area contributed by atoms with Gasteiger partial charge in [-0.2, -0.15) is 0 Å². The molecule has 1 aromatic rings. The number of nitrogens with two attached hydrogens (primary N) is 1. The van der Waals surface area contributed by atoms with Crippen molar-refractivity contribution in [2.75, 3.05) is 13.7 Å². The molecule has 84 valence electrons. The van der Waals surface area contributed by atoms with Crippen molar-refractivity contribution in [2.45, 2.75) is 12.3 Å². The zero-order chi connectivity index (χ0) is 11.5. The predicted molar refractivity (Wildman–Crippen MR) is 55.7 cm³/mol. The third-order valence-electron chi connectivity index (χ3n) is 1.98. The Bertz CT molecular complexity index is 344. The molecular formula is C10H12ClF2NO. The second kappa shape index (κ2) is 4.77. The highest BCUT2D eigenvalue weighted by Gasteiger charge is 2.27. The van der Waals surface area contributed by atoms with Gasteiger partial charge >= 0.3 is 0 Å². The highest BCUT2D eigenvalue weighted by molar-refractivity contribution is 6.32. The molecule has 0 aliphatic carbocycles. The minimum absolute atomic E-state index is 0.322. The molecule has 0 amide bonds. The Morgan fingerprint density at radius 1 is 1.47 bits per heavy atom. The van der Waals surface area contributed by atoms with E-state index >= 15 is 0 Å². The molecule has 0 spiro atoms. The van der Waals surface area contributed by atoms with E-state index in [0.29, 0.717) is 16.3 Å². The fraction of sp³-hybridized carbons (Fsp3) is 0.400. The van der Waals surface area contributed by atoms with Crippen LogP contribution >= 0.6 is 11.6 Å². The summed E-state index contributed by atoms with van der Waals surface area (Å²) in [5, 5.41) is 0.322. The van der Waals surface area contributed by atoms with Crippen LogP contribution in [-0.4, -0.2) is 19.6 Å². The van der Waals surface area contributed by atoms with E-state index in [9.17, 15) is 8.78 Å². The van der Waals surface area contributed by atoms with E-state index in [1.165, 1.54) is 13.2 Å². The van der Waals surface area contributed by atoms with Gasteiger partial charge in [0.2, 0.25) is 0 Å². The van der Waals surface area contributed by atoms with Gasteiger partial charge in [0.05, 0.1) is 18.7 Å². The Kier molecular flexibility index (Phi) is 3.88. The smallest absolute Gasteiger partial charge is 0.264 e. The van der Waals surface area contributed by atoms with Crippen LogP contribution in [0.1, 0.15) is 5.56 Å². The molecule has 0 aromatic heterocycles. The van der Waals surface area contributed by atoms with Gasteiger partial charge in [-0.3, -0.25) is 0 Å². The third-order valence-corrected chi connectivity index (χ3v) is 2.27.